The lowest BCUT2D eigenvalue weighted by Crippen LogP contribution is -2.45. The summed E-state index contributed by atoms with van der Waals surface area (Å²) in [5.74, 6) is 0.923. The number of nitrogens with one attached hydrogen (secondary N) is 1. The van der Waals surface area contributed by atoms with Crippen molar-refractivity contribution in [2.24, 2.45) is 0 Å². The maximum absolute atomic E-state index is 5.99. The number of aromatic nitrogens is 1. The molecule has 1 unspecified atom stereocenters. The summed E-state index contributed by atoms with van der Waals surface area (Å²) >= 11 is 0. The lowest BCUT2D eigenvalue weighted by Gasteiger charge is -2.36. The van der Waals surface area contributed by atoms with E-state index in [-0.39, 0.29) is 12.4 Å². The molecule has 0 amide bonds. The molecule has 0 spiro atoms. The van der Waals surface area contributed by atoms with Crippen molar-refractivity contribution in [3.8, 4) is 5.75 Å². The number of benzene rings is 2. The minimum atomic E-state index is 0. The fraction of sp³-hybridized carbons (Fsp3) is 0.261. The molecule has 1 atom stereocenters. The van der Waals surface area contributed by atoms with Gasteiger partial charge in [-0.25, -0.2) is 0 Å². The van der Waals surface area contributed by atoms with Crippen LogP contribution in [0.2, 0.25) is 0 Å². The van der Waals surface area contributed by atoms with Gasteiger partial charge in [0.25, 0.3) is 0 Å². The van der Waals surface area contributed by atoms with Crippen LogP contribution >= 0.6 is 12.4 Å². The molecule has 0 bridgehead atoms. The lowest BCUT2D eigenvalue weighted by atomic mass is 10.0. The third-order valence-electron chi connectivity index (χ3n) is 4.98. The summed E-state index contributed by atoms with van der Waals surface area (Å²) in [6, 6.07) is 23.3. The molecule has 28 heavy (non-hydrogen) atoms. The minimum Gasteiger partial charge on any atom is -0.489 e. The molecule has 2 heterocycles. The van der Waals surface area contributed by atoms with Crippen molar-refractivity contribution in [2.45, 2.75) is 19.2 Å². The summed E-state index contributed by atoms with van der Waals surface area (Å²) in [7, 11) is 0. The first-order valence-electron chi connectivity index (χ1n) is 9.49. The molecule has 1 aliphatic heterocycles. The highest BCUT2D eigenvalue weighted by Gasteiger charge is 2.23. The molecule has 1 N–H and O–H groups in total. The fourth-order valence-electron chi connectivity index (χ4n) is 3.56. The zero-order chi connectivity index (χ0) is 18.3. The van der Waals surface area contributed by atoms with Crippen LogP contribution in [0.3, 0.4) is 0 Å². The van der Waals surface area contributed by atoms with Crippen LogP contribution < -0.4 is 10.1 Å². The summed E-state index contributed by atoms with van der Waals surface area (Å²) in [5.41, 5.74) is 3.78. The molecule has 4 nitrogen and oxygen atoms in total. The van der Waals surface area contributed by atoms with Crippen LogP contribution in [0.5, 0.6) is 5.75 Å². The molecule has 2 aromatic carbocycles. The van der Waals surface area contributed by atoms with Crippen LogP contribution in [0.15, 0.2) is 79.1 Å². The van der Waals surface area contributed by atoms with E-state index in [0.717, 1.165) is 31.9 Å². The third-order valence-corrected chi connectivity index (χ3v) is 4.98. The Hall–Kier alpha value is -2.40. The Morgan fingerprint density at radius 3 is 2.57 bits per heavy atom. The second-order valence-corrected chi connectivity index (χ2v) is 6.89. The lowest BCUT2D eigenvalue weighted by molar-refractivity contribution is 0.153. The topological polar surface area (TPSA) is 37.4 Å². The molecule has 1 aromatic heterocycles. The van der Waals surface area contributed by atoms with E-state index in [1.54, 1.807) is 0 Å². The molecule has 3 aromatic rings. The zero-order valence-electron chi connectivity index (χ0n) is 15.8. The van der Waals surface area contributed by atoms with E-state index in [9.17, 15) is 0 Å². The first-order valence-corrected chi connectivity index (χ1v) is 9.49. The zero-order valence-corrected chi connectivity index (χ0v) is 16.6. The van der Waals surface area contributed by atoms with Gasteiger partial charge in [0.05, 0.1) is 0 Å². The summed E-state index contributed by atoms with van der Waals surface area (Å²) in [5, 5.41) is 3.51. The molecular formula is C23H26ClN3O. The van der Waals surface area contributed by atoms with Gasteiger partial charge in [-0.2, -0.15) is 0 Å². The summed E-state index contributed by atoms with van der Waals surface area (Å²) in [4.78, 5) is 6.68. The number of nitrogens with zero attached hydrogens (tertiary/aromatic N) is 2. The van der Waals surface area contributed by atoms with E-state index in [4.69, 9.17) is 4.74 Å². The van der Waals surface area contributed by atoms with Crippen LogP contribution in [0.1, 0.15) is 22.7 Å². The van der Waals surface area contributed by atoms with Crippen molar-refractivity contribution in [1.29, 1.82) is 0 Å². The van der Waals surface area contributed by atoms with Crippen molar-refractivity contribution >= 4 is 12.4 Å². The van der Waals surface area contributed by atoms with Crippen LogP contribution in [0.4, 0.5) is 0 Å². The highest BCUT2D eigenvalue weighted by Crippen LogP contribution is 2.25. The summed E-state index contributed by atoms with van der Waals surface area (Å²) < 4.78 is 5.99. The smallest absolute Gasteiger partial charge is 0.120 e. The minimum absolute atomic E-state index is 0. The van der Waals surface area contributed by atoms with Gasteiger partial charge >= 0.3 is 0 Å². The Morgan fingerprint density at radius 2 is 1.75 bits per heavy atom. The Balaban J connectivity index is 0.00000225. The highest BCUT2D eigenvalue weighted by molar-refractivity contribution is 5.85. The number of piperazine rings is 1. The fourth-order valence-corrected chi connectivity index (χ4v) is 3.56. The number of rotatable bonds is 6. The van der Waals surface area contributed by atoms with Gasteiger partial charge in [-0.1, -0.05) is 42.5 Å². The normalized spacial score (nSPS) is 16.9. The molecular weight excluding hydrogens is 370 g/mol. The summed E-state index contributed by atoms with van der Waals surface area (Å²) in [6.45, 7) is 4.52. The molecule has 146 valence electrons. The van der Waals surface area contributed by atoms with E-state index < -0.39 is 0 Å². The second-order valence-electron chi connectivity index (χ2n) is 6.89. The molecule has 1 saturated heterocycles. The average Bonchev–Trinajstić information content (AvgIpc) is 2.74. The first-order chi connectivity index (χ1) is 13.4. The Labute approximate surface area is 173 Å². The predicted molar refractivity (Wildman–Crippen MR) is 115 cm³/mol. The largest absolute Gasteiger partial charge is 0.489 e. The summed E-state index contributed by atoms with van der Waals surface area (Å²) in [6.07, 6.45) is 3.75. The van der Waals surface area contributed by atoms with Gasteiger partial charge < -0.3 is 10.1 Å². The first kappa shape index (κ1) is 20.3. The highest BCUT2D eigenvalue weighted by atomic mass is 35.5. The van der Waals surface area contributed by atoms with Crippen LogP contribution in [0.25, 0.3) is 0 Å². The maximum atomic E-state index is 5.99. The van der Waals surface area contributed by atoms with E-state index in [1.807, 2.05) is 36.7 Å². The average molecular weight is 396 g/mol. The Morgan fingerprint density at radius 1 is 0.964 bits per heavy atom. The van der Waals surface area contributed by atoms with Crippen molar-refractivity contribution < 1.29 is 4.74 Å². The van der Waals surface area contributed by atoms with Crippen LogP contribution in [-0.4, -0.2) is 29.5 Å². The molecule has 1 fully saturated rings. The predicted octanol–water partition coefficient (Wildman–Crippen LogP) is 4.23. The Bertz CT molecular complexity index is 845. The van der Waals surface area contributed by atoms with E-state index in [2.05, 4.69) is 57.7 Å². The van der Waals surface area contributed by atoms with Crippen LogP contribution in [-0.2, 0) is 13.2 Å². The van der Waals surface area contributed by atoms with Gasteiger partial charge in [-0.3, -0.25) is 9.88 Å². The number of ether oxygens (including phenoxy) is 1. The third kappa shape index (κ3) is 5.32. The molecule has 4 rings (SSSR count). The van der Waals surface area contributed by atoms with Crippen molar-refractivity contribution in [1.82, 2.24) is 15.2 Å². The number of hydrogen-bond acceptors (Lipinski definition) is 4. The quantitative estimate of drug-likeness (QED) is 0.677. The molecule has 5 heteroatoms. The molecule has 0 aliphatic carbocycles. The van der Waals surface area contributed by atoms with Gasteiger partial charge in [-0.05, 0) is 41.0 Å². The number of hydrogen-bond donors (Lipinski definition) is 1. The number of pyridine rings is 1. The van der Waals surface area contributed by atoms with Gasteiger partial charge in [0.2, 0.25) is 0 Å². The van der Waals surface area contributed by atoms with Crippen LogP contribution in [0, 0.1) is 0 Å². The standard InChI is InChI=1S/C23H25N3O.ClH/c1-2-5-19(6-3-1)18-27-22-8-4-7-20(15-22)17-26-14-13-25-16-23(26)21-9-11-24-12-10-21;/h1-12,15,23,25H,13-14,16-18H2;1H. The van der Waals surface area contributed by atoms with Crippen molar-refractivity contribution in [3.05, 3.63) is 95.8 Å². The maximum Gasteiger partial charge on any atom is 0.120 e. The molecule has 1 aliphatic rings. The SMILES string of the molecule is Cl.c1ccc(COc2cccc(CN3CCNCC3c3ccncc3)c2)cc1. The van der Waals surface area contributed by atoms with Crippen molar-refractivity contribution in [2.75, 3.05) is 19.6 Å². The van der Waals surface area contributed by atoms with Gasteiger partial charge in [-0.15, -0.1) is 12.4 Å². The number of halogens is 1. The van der Waals surface area contributed by atoms with E-state index in [0.29, 0.717) is 12.6 Å². The Kier molecular flexibility index (Phi) is 7.43. The van der Waals surface area contributed by atoms with Crippen molar-refractivity contribution in [3.63, 3.8) is 0 Å². The second kappa shape index (κ2) is 10.2. The molecule has 0 saturated carbocycles. The van der Waals surface area contributed by atoms with Gasteiger partial charge in [0.1, 0.15) is 12.4 Å². The van der Waals surface area contributed by atoms with E-state index >= 15 is 0 Å². The van der Waals surface area contributed by atoms with Gasteiger partial charge in [0.15, 0.2) is 0 Å². The molecule has 0 radical (unpaired) electrons. The van der Waals surface area contributed by atoms with E-state index in [1.165, 1.54) is 16.7 Å². The van der Waals surface area contributed by atoms with Gasteiger partial charge in [0, 0.05) is 44.6 Å². The monoisotopic (exact) mass is 395 g/mol.